The molecule has 0 unspecified atom stereocenters. The van der Waals surface area contributed by atoms with E-state index in [1.807, 2.05) is 13.8 Å². The predicted octanol–water partition coefficient (Wildman–Crippen LogP) is 1.82. The van der Waals surface area contributed by atoms with Gasteiger partial charge in [-0.25, -0.2) is 0 Å². The lowest BCUT2D eigenvalue weighted by Gasteiger charge is -2.10. The molecule has 64 valence electrons. The van der Waals surface area contributed by atoms with Crippen LogP contribution >= 0.6 is 7.37 Å². The summed E-state index contributed by atoms with van der Waals surface area (Å²) in [6.07, 6.45) is 1.61. The molecule has 0 aromatic rings. The largest absolute Gasteiger partial charge is 0.356 e. The monoisotopic (exact) mass is 176 g/mol. The SMILES string of the molecule is CCO[P@]1(=O)CC[C@@]2(C)O[C@H]21. The van der Waals surface area contributed by atoms with Gasteiger partial charge in [-0.2, -0.15) is 0 Å². The first-order chi connectivity index (χ1) is 5.11. The minimum absolute atomic E-state index is 0.0741. The van der Waals surface area contributed by atoms with Crippen LogP contribution in [-0.4, -0.2) is 24.2 Å². The lowest BCUT2D eigenvalue weighted by Crippen LogP contribution is -2.00. The number of hydrogen-bond donors (Lipinski definition) is 0. The molecule has 2 fully saturated rings. The Morgan fingerprint density at radius 1 is 1.82 bits per heavy atom. The van der Waals surface area contributed by atoms with Crippen LogP contribution in [0.3, 0.4) is 0 Å². The van der Waals surface area contributed by atoms with Gasteiger partial charge >= 0.3 is 0 Å². The van der Waals surface area contributed by atoms with Crippen molar-refractivity contribution in [2.45, 2.75) is 31.7 Å². The summed E-state index contributed by atoms with van der Waals surface area (Å²) in [4.78, 5) is 0. The van der Waals surface area contributed by atoms with Crippen molar-refractivity contribution in [2.75, 3.05) is 12.8 Å². The zero-order valence-electron chi connectivity index (χ0n) is 6.87. The second-order valence-corrected chi connectivity index (χ2v) is 6.03. The molecule has 0 aromatic carbocycles. The molecule has 2 rings (SSSR count). The van der Waals surface area contributed by atoms with Crippen molar-refractivity contribution in [3.05, 3.63) is 0 Å². The van der Waals surface area contributed by atoms with Gasteiger partial charge in [0.15, 0.2) is 5.85 Å². The van der Waals surface area contributed by atoms with Gasteiger partial charge in [-0.3, -0.25) is 4.57 Å². The van der Waals surface area contributed by atoms with Gasteiger partial charge in [-0.1, -0.05) is 0 Å². The number of fused-ring (bicyclic) bond motifs is 1. The van der Waals surface area contributed by atoms with Crippen LogP contribution in [0.4, 0.5) is 0 Å². The van der Waals surface area contributed by atoms with Crippen LogP contribution in [0.25, 0.3) is 0 Å². The van der Waals surface area contributed by atoms with Crippen molar-refractivity contribution >= 4 is 7.37 Å². The maximum absolute atomic E-state index is 11.8. The van der Waals surface area contributed by atoms with Crippen LogP contribution in [0.15, 0.2) is 0 Å². The molecule has 0 bridgehead atoms. The molecule has 11 heavy (non-hydrogen) atoms. The minimum atomic E-state index is -2.37. The Morgan fingerprint density at radius 2 is 2.55 bits per heavy atom. The second kappa shape index (κ2) is 2.09. The summed E-state index contributed by atoms with van der Waals surface area (Å²) in [5.41, 5.74) is -0.0926. The van der Waals surface area contributed by atoms with Crippen LogP contribution in [0.2, 0.25) is 0 Å². The lowest BCUT2D eigenvalue weighted by molar-refractivity contribution is 0.276. The zero-order valence-corrected chi connectivity index (χ0v) is 7.77. The third-order valence-electron chi connectivity index (χ3n) is 2.47. The summed E-state index contributed by atoms with van der Waals surface area (Å²) >= 11 is 0. The fourth-order valence-corrected chi connectivity index (χ4v) is 4.80. The number of hydrogen-bond acceptors (Lipinski definition) is 3. The highest BCUT2D eigenvalue weighted by Gasteiger charge is 2.67. The number of rotatable bonds is 2. The molecule has 0 radical (unpaired) electrons. The Kier molecular flexibility index (Phi) is 1.48. The predicted molar refractivity (Wildman–Crippen MR) is 42.0 cm³/mol. The van der Waals surface area contributed by atoms with Crippen molar-refractivity contribution in [1.82, 2.24) is 0 Å². The molecule has 2 aliphatic rings. The molecule has 0 saturated carbocycles. The maximum Gasteiger partial charge on any atom is 0.234 e. The van der Waals surface area contributed by atoms with E-state index >= 15 is 0 Å². The Bertz CT molecular complexity index is 222. The van der Waals surface area contributed by atoms with E-state index in [1.54, 1.807) is 0 Å². The van der Waals surface area contributed by atoms with Crippen molar-refractivity contribution in [3.63, 3.8) is 0 Å². The van der Waals surface area contributed by atoms with Crippen LogP contribution in [0.1, 0.15) is 20.3 Å². The molecule has 0 amide bonds. The van der Waals surface area contributed by atoms with E-state index in [0.717, 1.165) is 6.42 Å². The molecule has 2 aliphatic heterocycles. The van der Waals surface area contributed by atoms with Gasteiger partial charge < -0.3 is 9.26 Å². The smallest absolute Gasteiger partial charge is 0.234 e. The summed E-state index contributed by atoms with van der Waals surface area (Å²) < 4.78 is 22.4. The fourth-order valence-electron chi connectivity index (χ4n) is 1.75. The molecule has 3 nitrogen and oxygen atoms in total. The third-order valence-corrected chi connectivity index (χ3v) is 5.38. The van der Waals surface area contributed by atoms with E-state index in [-0.39, 0.29) is 11.4 Å². The van der Waals surface area contributed by atoms with E-state index < -0.39 is 7.37 Å². The summed E-state index contributed by atoms with van der Waals surface area (Å²) in [5.74, 6) is -0.0741. The average Bonchev–Trinajstić information content (AvgIpc) is 2.55. The molecule has 2 heterocycles. The minimum Gasteiger partial charge on any atom is -0.356 e. The van der Waals surface area contributed by atoms with Gasteiger partial charge in [-0.05, 0) is 20.3 Å². The number of ether oxygens (including phenoxy) is 1. The first-order valence-corrected chi connectivity index (χ1v) is 5.90. The van der Waals surface area contributed by atoms with Crippen molar-refractivity contribution < 1.29 is 13.8 Å². The summed E-state index contributed by atoms with van der Waals surface area (Å²) in [6.45, 7) is 4.42. The third kappa shape index (κ3) is 0.986. The van der Waals surface area contributed by atoms with E-state index in [0.29, 0.717) is 12.8 Å². The zero-order chi connectivity index (χ0) is 8.11. The van der Waals surface area contributed by atoms with Crippen molar-refractivity contribution in [3.8, 4) is 0 Å². The molecular weight excluding hydrogens is 163 g/mol. The van der Waals surface area contributed by atoms with Crippen LogP contribution < -0.4 is 0 Å². The van der Waals surface area contributed by atoms with Crippen LogP contribution in [0.5, 0.6) is 0 Å². The fraction of sp³-hybridized carbons (Fsp3) is 1.00. The van der Waals surface area contributed by atoms with E-state index in [9.17, 15) is 4.57 Å². The molecule has 4 heteroatoms. The average molecular weight is 176 g/mol. The van der Waals surface area contributed by atoms with E-state index in [1.165, 1.54) is 0 Å². The highest BCUT2D eigenvalue weighted by Crippen LogP contribution is 2.72. The highest BCUT2D eigenvalue weighted by molar-refractivity contribution is 7.60. The molecule has 2 saturated heterocycles. The first kappa shape index (κ1) is 7.78. The second-order valence-electron chi connectivity index (χ2n) is 3.40. The van der Waals surface area contributed by atoms with Crippen LogP contribution in [-0.2, 0) is 13.8 Å². The Morgan fingerprint density at radius 3 is 2.91 bits per heavy atom. The topological polar surface area (TPSA) is 38.8 Å². The first-order valence-electron chi connectivity index (χ1n) is 4.02. The van der Waals surface area contributed by atoms with Crippen molar-refractivity contribution in [2.24, 2.45) is 0 Å². The lowest BCUT2D eigenvalue weighted by atomic mass is 10.1. The number of epoxide rings is 1. The molecule has 0 N–H and O–H groups in total. The van der Waals surface area contributed by atoms with Crippen LogP contribution in [0, 0.1) is 0 Å². The highest BCUT2D eigenvalue weighted by atomic mass is 31.2. The van der Waals surface area contributed by atoms with Gasteiger partial charge in [0.2, 0.25) is 7.37 Å². The summed E-state index contributed by atoms with van der Waals surface area (Å²) in [7, 11) is -2.37. The van der Waals surface area contributed by atoms with Gasteiger partial charge in [0, 0.05) is 6.16 Å². The van der Waals surface area contributed by atoms with Gasteiger partial charge in [0.25, 0.3) is 0 Å². The molecule has 3 atom stereocenters. The summed E-state index contributed by atoms with van der Waals surface area (Å²) in [5, 5.41) is 0. The Balaban J connectivity index is 2.13. The van der Waals surface area contributed by atoms with Gasteiger partial charge in [-0.15, -0.1) is 0 Å². The standard InChI is InChI=1S/C7H13O3P/c1-3-9-11(8)5-4-7(2)6(11)10-7/h6H,3-5H2,1-2H3/t6-,7+,11+/m0/s1. The Hall–Kier alpha value is 0.150. The Labute approximate surface area is 66.5 Å². The van der Waals surface area contributed by atoms with Gasteiger partial charge in [0.1, 0.15) is 5.60 Å². The quantitative estimate of drug-likeness (QED) is 0.475. The summed E-state index contributed by atoms with van der Waals surface area (Å²) in [6, 6.07) is 0. The van der Waals surface area contributed by atoms with Gasteiger partial charge in [0.05, 0.1) is 6.61 Å². The van der Waals surface area contributed by atoms with E-state index in [2.05, 4.69) is 0 Å². The molecule has 0 spiro atoms. The van der Waals surface area contributed by atoms with E-state index in [4.69, 9.17) is 9.26 Å². The molecule has 0 aliphatic carbocycles. The maximum atomic E-state index is 11.8. The van der Waals surface area contributed by atoms with Crippen molar-refractivity contribution in [1.29, 1.82) is 0 Å². The normalized spacial score (nSPS) is 54.2. The molecule has 0 aromatic heterocycles. The molecular formula is C7H13O3P.